The summed E-state index contributed by atoms with van der Waals surface area (Å²) in [6, 6.07) is -0.559. The highest BCUT2D eigenvalue weighted by molar-refractivity contribution is 5.76. The maximum absolute atomic E-state index is 12.5. The minimum absolute atomic E-state index is 0.0252. The number of aliphatic hydroxyl groups excluding tert-OH is 2. The van der Waals surface area contributed by atoms with Crippen molar-refractivity contribution in [2.75, 3.05) is 13.2 Å². The van der Waals surface area contributed by atoms with Gasteiger partial charge in [-0.05, 0) is 51.4 Å². The van der Waals surface area contributed by atoms with Crippen molar-refractivity contribution < 1.29 is 24.5 Å². The van der Waals surface area contributed by atoms with Crippen molar-refractivity contribution in [3.05, 3.63) is 12.2 Å². The summed E-state index contributed by atoms with van der Waals surface area (Å²) < 4.78 is 5.46. The average Bonchev–Trinajstić information content (AvgIpc) is 3.33. The third-order valence-electron chi connectivity index (χ3n) is 14.3. The van der Waals surface area contributed by atoms with E-state index < -0.39 is 12.1 Å². The number of hydrogen-bond donors (Lipinski definition) is 3. The summed E-state index contributed by atoms with van der Waals surface area (Å²) in [6.45, 7) is 4.92. The molecule has 3 N–H and O–H groups in total. The molecule has 0 bridgehead atoms. The zero-order valence-corrected chi connectivity index (χ0v) is 45.4. The molecule has 0 aliphatic carbocycles. The highest BCUT2D eigenvalue weighted by Gasteiger charge is 2.20. The molecule has 0 spiro atoms. The maximum Gasteiger partial charge on any atom is 0.305 e. The van der Waals surface area contributed by atoms with Crippen LogP contribution in [0.15, 0.2) is 12.2 Å². The zero-order valence-electron chi connectivity index (χ0n) is 45.4. The van der Waals surface area contributed by atoms with Gasteiger partial charge in [-0.3, -0.25) is 9.59 Å². The van der Waals surface area contributed by atoms with Crippen molar-refractivity contribution in [2.24, 2.45) is 0 Å². The predicted octanol–water partition coefficient (Wildman–Crippen LogP) is 18.9. The lowest BCUT2D eigenvalue weighted by Crippen LogP contribution is -2.45. The molecule has 6 nitrogen and oxygen atoms in total. The SMILES string of the molecule is CCCCCCCC/C=C\CCCCCCCC(=O)OCCCCCCCCCCCCC(=O)NC(CO)C(O)CCCCCCCCCCCCCCCCCCCCCCCCCCC. The second-order valence-electron chi connectivity index (χ2n) is 21.0. The average molecular weight is 947 g/mol. The number of nitrogens with one attached hydrogen (secondary N) is 1. The monoisotopic (exact) mass is 946 g/mol. The number of amides is 1. The first-order valence-electron chi connectivity index (χ1n) is 30.4. The number of esters is 1. The third-order valence-corrected chi connectivity index (χ3v) is 14.3. The molecule has 0 saturated heterocycles. The summed E-state index contributed by atoms with van der Waals surface area (Å²) in [5, 5.41) is 23.4. The highest BCUT2D eigenvalue weighted by Crippen LogP contribution is 2.18. The molecular formula is C61H119NO5. The first kappa shape index (κ1) is 65.6. The van der Waals surface area contributed by atoms with Gasteiger partial charge in [-0.1, -0.05) is 289 Å². The molecule has 0 aliphatic heterocycles. The van der Waals surface area contributed by atoms with E-state index in [9.17, 15) is 19.8 Å². The minimum atomic E-state index is -0.680. The smallest absolute Gasteiger partial charge is 0.305 e. The summed E-state index contributed by atoms with van der Waals surface area (Å²) in [4.78, 5) is 24.6. The fraction of sp³-hybridized carbons (Fsp3) is 0.934. The van der Waals surface area contributed by atoms with Gasteiger partial charge in [-0.25, -0.2) is 0 Å². The van der Waals surface area contributed by atoms with Crippen LogP contribution in [0.2, 0.25) is 0 Å². The van der Waals surface area contributed by atoms with E-state index in [1.165, 1.54) is 250 Å². The van der Waals surface area contributed by atoms with Gasteiger partial charge in [0.1, 0.15) is 0 Å². The van der Waals surface area contributed by atoms with E-state index in [0.29, 0.717) is 25.9 Å². The van der Waals surface area contributed by atoms with E-state index in [2.05, 4.69) is 31.3 Å². The molecule has 2 unspecified atom stereocenters. The number of ether oxygens (including phenoxy) is 1. The fourth-order valence-corrected chi connectivity index (χ4v) is 9.64. The van der Waals surface area contributed by atoms with Gasteiger partial charge in [-0.2, -0.15) is 0 Å². The summed E-state index contributed by atoms with van der Waals surface area (Å²) in [5.74, 6) is -0.0792. The van der Waals surface area contributed by atoms with E-state index in [1.54, 1.807) is 0 Å². The molecule has 0 saturated carbocycles. The van der Waals surface area contributed by atoms with Crippen LogP contribution in [0.3, 0.4) is 0 Å². The van der Waals surface area contributed by atoms with Crippen LogP contribution >= 0.6 is 0 Å². The number of hydrogen-bond acceptors (Lipinski definition) is 5. The Morgan fingerprint density at radius 1 is 0.403 bits per heavy atom. The van der Waals surface area contributed by atoms with Crippen LogP contribution < -0.4 is 5.32 Å². The van der Waals surface area contributed by atoms with Gasteiger partial charge in [0.15, 0.2) is 0 Å². The van der Waals surface area contributed by atoms with Crippen LogP contribution in [0.1, 0.15) is 341 Å². The topological polar surface area (TPSA) is 95.9 Å². The van der Waals surface area contributed by atoms with Crippen LogP contribution in [0, 0.1) is 0 Å². The van der Waals surface area contributed by atoms with Crippen molar-refractivity contribution in [3.63, 3.8) is 0 Å². The first-order chi connectivity index (χ1) is 33.0. The Balaban J connectivity index is 3.45. The zero-order chi connectivity index (χ0) is 48.6. The summed E-state index contributed by atoms with van der Waals surface area (Å²) in [6.07, 6.45) is 67.8. The Kier molecular flexibility index (Phi) is 56.0. The van der Waals surface area contributed by atoms with Gasteiger partial charge < -0.3 is 20.3 Å². The standard InChI is InChI=1S/C61H119NO5/c1-3-5-7-9-11-13-15-17-19-20-21-22-23-24-25-26-27-28-30-31-33-37-41-45-49-53-59(64)58(57-63)62-60(65)54-50-46-42-38-35-36-40-44-48-52-56-67-61(66)55-51-47-43-39-34-32-29-18-16-14-12-10-8-6-4-2/h18,29,58-59,63-64H,3-17,19-28,30-57H2,1-2H3,(H,62,65)/b29-18-. The Morgan fingerprint density at radius 2 is 0.701 bits per heavy atom. The molecule has 2 atom stereocenters. The molecule has 67 heavy (non-hydrogen) atoms. The molecular weight excluding hydrogens is 827 g/mol. The maximum atomic E-state index is 12.5. The van der Waals surface area contributed by atoms with E-state index >= 15 is 0 Å². The second-order valence-corrected chi connectivity index (χ2v) is 21.0. The molecule has 0 aromatic heterocycles. The Hall–Kier alpha value is -1.40. The van der Waals surface area contributed by atoms with Crippen LogP contribution in [-0.2, 0) is 14.3 Å². The molecule has 0 aromatic carbocycles. The lowest BCUT2D eigenvalue weighted by molar-refractivity contribution is -0.143. The van der Waals surface area contributed by atoms with Gasteiger partial charge in [0.25, 0.3) is 0 Å². The highest BCUT2D eigenvalue weighted by atomic mass is 16.5. The van der Waals surface area contributed by atoms with Gasteiger partial charge in [-0.15, -0.1) is 0 Å². The van der Waals surface area contributed by atoms with Gasteiger partial charge in [0, 0.05) is 12.8 Å². The molecule has 0 fully saturated rings. The van der Waals surface area contributed by atoms with Gasteiger partial charge in [0.05, 0.1) is 25.4 Å². The van der Waals surface area contributed by atoms with Crippen LogP contribution in [0.5, 0.6) is 0 Å². The molecule has 0 aromatic rings. The van der Waals surface area contributed by atoms with Crippen molar-refractivity contribution in [1.29, 1.82) is 0 Å². The number of unbranched alkanes of at least 4 members (excludes halogenated alkanes) is 44. The molecule has 1 amide bonds. The summed E-state index contributed by atoms with van der Waals surface area (Å²) in [7, 11) is 0. The molecule has 0 aliphatic rings. The molecule has 6 heteroatoms. The van der Waals surface area contributed by atoms with Crippen LogP contribution in [-0.4, -0.2) is 47.4 Å². The number of allylic oxidation sites excluding steroid dienone is 2. The number of rotatable bonds is 57. The van der Waals surface area contributed by atoms with Crippen molar-refractivity contribution in [3.8, 4) is 0 Å². The van der Waals surface area contributed by atoms with Gasteiger partial charge in [0.2, 0.25) is 5.91 Å². The third kappa shape index (κ3) is 53.8. The van der Waals surface area contributed by atoms with E-state index in [-0.39, 0.29) is 18.5 Å². The van der Waals surface area contributed by atoms with Gasteiger partial charge >= 0.3 is 5.97 Å². The summed E-state index contributed by atoms with van der Waals surface area (Å²) in [5.41, 5.74) is 0. The molecule has 0 rings (SSSR count). The second kappa shape index (κ2) is 57.2. The number of carbonyl (C=O) groups excluding carboxylic acids is 2. The molecule has 0 radical (unpaired) electrons. The largest absolute Gasteiger partial charge is 0.466 e. The molecule has 398 valence electrons. The lowest BCUT2D eigenvalue weighted by Gasteiger charge is -2.22. The minimum Gasteiger partial charge on any atom is -0.466 e. The Labute approximate surface area is 419 Å². The number of carbonyl (C=O) groups is 2. The fourth-order valence-electron chi connectivity index (χ4n) is 9.64. The Bertz CT molecular complexity index is 1000. The van der Waals surface area contributed by atoms with Crippen molar-refractivity contribution in [2.45, 2.75) is 353 Å². The Morgan fingerprint density at radius 3 is 1.06 bits per heavy atom. The summed E-state index contributed by atoms with van der Waals surface area (Å²) >= 11 is 0. The normalized spacial score (nSPS) is 12.6. The van der Waals surface area contributed by atoms with Crippen LogP contribution in [0.4, 0.5) is 0 Å². The quantitative estimate of drug-likeness (QED) is 0.0321. The van der Waals surface area contributed by atoms with E-state index in [0.717, 1.165) is 57.8 Å². The van der Waals surface area contributed by atoms with Crippen molar-refractivity contribution >= 4 is 11.9 Å². The predicted molar refractivity (Wildman–Crippen MR) is 292 cm³/mol. The lowest BCUT2D eigenvalue weighted by atomic mass is 10.0. The first-order valence-corrected chi connectivity index (χ1v) is 30.4. The molecule has 0 heterocycles. The van der Waals surface area contributed by atoms with Crippen molar-refractivity contribution in [1.82, 2.24) is 5.32 Å². The van der Waals surface area contributed by atoms with E-state index in [4.69, 9.17) is 4.74 Å². The number of aliphatic hydroxyl groups is 2. The van der Waals surface area contributed by atoms with E-state index in [1.807, 2.05) is 0 Å². The van der Waals surface area contributed by atoms with Crippen LogP contribution in [0.25, 0.3) is 0 Å².